The standard InChI is InChI=1S/C26H25N/c1-3-20(2)21-16-18-24(19-17-21)27(23-12-5-4-6-13-23)26-15-9-11-22-10-7-8-14-25(22)26/h4-20H,3H2,1-2H3. The van der Waals surface area contributed by atoms with Crippen molar-refractivity contribution in [2.45, 2.75) is 26.2 Å². The fourth-order valence-corrected chi connectivity index (χ4v) is 3.60. The van der Waals surface area contributed by atoms with Crippen LogP contribution in [0.1, 0.15) is 31.7 Å². The van der Waals surface area contributed by atoms with E-state index in [-0.39, 0.29) is 0 Å². The smallest absolute Gasteiger partial charge is 0.0540 e. The molecular formula is C26H25N. The summed E-state index contributed by atoms with van der Waals surface area (Å²) >= 11 is 0. The minimum Gasteiger partial charge on any atom is -0.310 e. The first-order valence-corrected chi connectivity index (χ1v) is 9.71. The molecule has 4 aromatic rings. The fourth-order valence-electron chi connectivity index (χ4n) is 3.60. The molecule has 134 valence electrons. The normalized spacial score (nSPS) is 12.1. The van der Waals surface area contributed by atoms with Crippen LogP contribution < -0.4 is 4.90 Å². The minimum absolute atomic E-state index is 0.585. The van der Waals surface area contributed by atoms with Gasteiger partial charge >= 0.3 is 0 Å². The Morgan fingerprint density at radius 3 is 2.04 bits per heavy atom. The summed E-state index contributed by atoms with van der Waals surface area (Å²) in [7, 11) is 0. The van der Waals surface area contributed by atoms with Crippen LogP contribution >= 0.6 is 0 Å². The molecule has 0 radical (unpaired) electrons. The Labute approximate surface area is 161 Å². The van der Waals surface area contributed by atoms with Gasteiger partial charge in [-0.15, -0.1) is 0 Å². The molecule has 4 rings (SSSR count). The van der Waals surface area contributed by atoms with Crippen LogP contribution in [0.5, 0.6) is 0 Å². The molecule has 0 amide bonds. The summed E-state index contributed by atoms with van der Waals surface area (Å²) in [6.45, 7) is 4.53. The lowest BCUT2D eigenvalue weighted by atomic mass is 9.98. The Morgan fingerprint density at radius 2 is 1.30 bits per heavy atom. The fraction of sp³-hybridized carbons (Fsp3) is 0.154. The van der Waals surface area contributed by atoms with Gasteiger partial charge in [0.15, 0.2) is 0 Å². The van der Waals surface area contributed by atoms with E-state index in [1.54, 1.807) is 0 Å². The molecule has 1 heteroatoms. The first-order chi connectivity index (χ1) is 13.3. The van der Waals surface area contributed by atoms with Gasteiger partial charge in [0.2, 0.25) is 0 Å². The highest BCUT2D eigenvalue weighted by atomic mass is 15.1. The van der Waals surface area contributed by atoms with Crippen molar-refractivity contribution in [2.75, 3.05) is 4.90 Å². The van der Waals surface area contributed by atoms with Crippen molar-refractivity contribution in [1.82, 2.24) is 0 Å². The predicted molar refractivity (Wildman–Crippen MR) is 117 cm³/mol. The van der Waals surface area contributed by atoms with Crippen molar-refractivity contribution in [2.24, 2.45) is 0 Å². The molecule has 0 spiro atoms. The maximum Gasteiger partial charge on any atom is 0.0540 e. The lowest BCUT2D eigenvalue weighted by Gasteiger charge is -2.27. The van der Waals surface area contributed by atoms with Gasteiger partial charge in [-0.2, -0.15) is 0 Å². The van der Waals surface area contributed by atoms with Crippen LogP contribution in [0.2, 0.25) is 0 Å². The molecule has 0 N–H and O–H groups in total. The lowest BCUT2D eigenvalue weighted by molar-refractivity contribution is 0.733. The summed E-state index contributed by atoms with van der Waals surface area (Å²) < 4.78 is 0. The van der Waals surface area contributed by atoms with E-state index in [0.29, 0.717) is 5.92 Å². The molecule has 1 unspecified atom stereocenters. The summed E-state index contributed by atoms with van der Waals surface area (Å²) in [5, 5.41) is 2.52. The molecule has 0 fully saturated rings. The van der Waals surface area contributed by atoms with Crippen LogP contribution in [0.25, 0.3) is 10.8 Å². The predicted octanol–water partition coefficient (Wildman–Crippen LogP) is 7.82. The van der Waals surface area contributed by atoms with Crippen molar-refractivity contribution in [3.05, 3.63) is 103 Å². The topological polar surface area (TPSA) is 3.24 Å². The maximum atomic E-state index is 2.35. The number of rotatable bonds is 5. The van der Waals surface area contributed by atoms with Crippen LogP contribution in [0, 0.1) is 0 Å². The second-order valence-electron chi connectivity index (χ2n) is 7.07. The van der Waals surface area contributed by atoms with Crippen LogP contribution in [0.3, 0.4) is 0 Å². The first-order valence-electron chi connectivity index (χ1n) is 9.71. The monoisotopic (exact) mass is 351 g/mol. The van der Waals surface area contributed by atoms with Crippen LogP contribution in [0.15, 0.2) is 97.1 Å². The van der Waals surface area contributed by atoms with Gasteiger partial charge in [-0.3, -0.25) is 0 Å². The third-order valence-electron chi connectivity index (χ3n) is 5.35. The molecule has 0 aromatic heterocycles. The highest BCUT2D eigenvalue weighted by Crippen LogP contribution is 2.38. The lowest BCUT2D eigenvalue weighted by Crippen LogP contribution is -2.10. The van der Waals surface area contributed by atoms with Crippen molar-refractivity contribution >= 4 is 27.8 Å². The van der Waals surface area contributed by atoms with E-state index in [1.165, 1.54) is 33.4 Å². The van der Waals surface area contributed by atoms with E-state index >= 15 is 0 Å². The molecule has 4 aromatic carbocycles. The van der Waals surface area contributed by atoms with Crippen LogP contribution in [0.4, 0.5) is 17.1 Å². The van der Waals surface area contributed by atoms with Crippen molar-refractivity contribution in [3.8, 4) is 0 Å². The van der Waals surface area contributed by atoms with Gasteiger partial charge in [-0.25, -0.2) is 0 Å². The van der Waals surface area contributed by atoms with Gasteiger partial charge in [-0.05, 0) is 53.6 Å². The van der Waals surface area contributed by atoms with Gasteiger partial charge in [-0.1, -0.05) is 80.6 Å². The van der Waals surface area contributed by atoms with Gasteiger partial charge in [0.1, 0.15) is 0 Å². The van der Waals surface area contributed by atoms with Crippen LogP contribution in [-0.2, 0) is 0 Å². The second kappa shape index (κ2) is 7.67. The molecule has 27 heavy (non-hydrogen) atoms. The van der Waals surface area contributed by atoms with E-state index in [9.17, 15) is 0 Å². The zero-order valence-corrected chi connectivity index (χ0v) is 16.0. The average molecular weight is 351 g/mol. The highest BCUT2D eigenvalue weighted by molar-refractivity contribution is 5.98. The number of nitrogens with zero attached hydrogens (tertiary/aromatic N) is 1. The third kappa shape index (κ3) is 3.46. The Hall–Kier alpha value is -3.06. The van der Waals surface area contributed by atoms with E-state index < -0.39 is 0 Å². The number of fused-ring (bicyclic) bond motifs is 1. The zero-order chi connectivity index (χ0) is 18.6. The zero-order valence-electron chi connectivity index (χ0n) is 16.0. The molecule has 0 saturated carbocycles. The quantitative estimate of drug-likeness (QED) is 0.354. The van der Waals surface area contributed by atoms with Crippen molar-refractivity contribution in [1.29, 1.82) is 0 Å². The Morgan fingerprint density at radius 1 is 0.667 bits per heavy atom. The summed E-state index contributed by atoms with van der Waals surface area (Å²) in [6.07, 6.45) is 1.16. The molecule has 1 nitrogen and oxygen atoms in total. The largest absolute Gasteiger partial charge is 0.310 e. The average Bonchev–Trinajstić information content (AvgIpc) is 2.75. The maximum absolute atomic E-state index is 2.35. The molecular weight excluding hydrogens is 326 g/mol. The van der Waals surface area contributed by atoms with Crippen molar-refractivity contribution in [3.63, 3.8) is 0 Å². The van der Waals surface area contributed by atoms with Gasteiger partial charge in [0, 0.05) is 16.8 Å². The van der Waals surface area contributed by atoms with E-state index in [0.717, 1.165) is 6.42 Å². The molecule has 0 heterocycles. The SMILES string of the molecule is CCC(C)c1ccc(N(c2ccccc2)c2cccc3ccccc23)cc1. The number of anilines is 3. The Balaban J connectivity index is 1.88. The summed E-state index contributed by atoms with van der Waals surface area (Å²) in [6, 6.07) is 34.7. The Kier molecular flexibility index (Phi) is 4.93. The van der Waals surface area contributed by atoms with Gasteiger partial charge in [0.05, 0.1) is 5.69 Å². The minimum atomic E-state index is 0.585. The molecule has 1 atom stereocenters. The Bertz CT molecular complexity index is 1010. The molecule has 0 bridgehead atoms. The summed E-state index contributed by atoms with van der Waals surface area (Å²) in [5.41, 5.74) is 4.96. The number of hydrogen-bond acceptors (Lipinski definition) is 1. The third-order valence-corrected chi connectivity index (χ3v) is 5.35. The van der Waals surface area contributed by atoms with E-state index in [4.69, 9.17) is 0 Å². The molecule has 0 aliphatic rings. The summed E-state index contributed by atoms with van der Waals surface area (Å²) in [5.74, 6) is 0.585. The van der Waals surface area contributed by atoms with Crippen molar-refractivity contribution < 1.29 is 0 Å². The molecule has 0 aliphatic carbocycles. The molecule has 0 saturated heterocycles. The first kappa shape index (κ1) is 17.4. The second-order valence-corrected chi connectivity index (χ2v) is 7.07. The number of hydrogen-bond donors (Lipinski definition) is 0. The molecule has 0 aliphatic heterocycles. The summed E-state index contributed by atoms with van der Waals surface area (Å²) in [4.78, 5) is 2.35. The number of benzene rings is 4. The van der Waals surface area contributed by atoms with E-state index in [1.807, 2.05) is 0 Å². The van der Waals surface area contributed by atoms with Gasteiger partial charge in [0.25, 0.3) is 0 Å². The van der Waals surface area contributed by atoms with Crippen LogP contribution in [-0.4, -0.2) is 0 Å². The van der Waals surface area contributed by atoms with Gasteiger partial charge < -0.3 is 4.90 Å². The highest BCUT2D eigenvalue weighted by Gasteiger charge is 2.15. The number of para-hydroxylation sites is 1. The van der Waals surface area contributed by atoms with E-state index in [2.05, 4.69) is 116 Å².